The molecule has 51 valence electrons. The highest BCUT2D eigenvalue weighted by Crippen LogP contribution is 2.07. The van der Waals surface area contributed by atoms with Crippen LogP contribution >= 0.6 is 0 Å². The molecule has 0 saturated carbocycles. The van der Waals surface area contributed by atoms with Crippen LogP contribution in [0.5, 0.6) is 0 Å². The molecule has 0 aliphatic heterocycles. The van der Waals surface area contributed by atoms with Crippen molar-refractivity contribution in [1.82, 2.24) is 4.98 Å². The zero-order chi connectivity index (χ0) is 7.56. The molecular weight excluding hydrogens is 139 g/mol. The molecule has 5 heteroatoms. The summed E-state index contributed by atoms with van der Waals surface area (Å²) < 4.78 is 12.1. The first kappa shape index (κ1) is 6.60. The molecule has 0 fully saturated rings. The van der Waals surface area contributed by atoms with Crippen molar-refractivity contribution in [3.63, 3.8) is 0 Å². The largest absolute Gasteiger partial charge is 0.283 e. The molecule has 10 heavy (non-hydrogen) atoms. The van der Waals surface area contributed by atoms with E-state index in [4.69, 9.17) is 0 Å². The van der Waals surface area contributed by atoms with Gasteiger partial charge in [-0.05, 0) is 0 Å². The molecule has 0 atom stereocenters. The molecule has 0 saturated heterocycles. The van der Waals surface area contributed by atoms with Gasteiger partial charge in [-0.25, -0.2) is 4.98 Å². The lowest BCUT2D eigenvalue weighted by Crippen LogP contribution is -1.90. The van der Waals surface area contributed by atoms with Crippen molar-refractivity contribution in [2.45, 2.75) is 0 Å². The summed E-state index contributed by atoms with van der Waals surface area (Å²) in [6, 6.07) is 2.87. The van der Waals surface area contributed by atoms with Gasteiger partial charge in [-0.3, -0.25) is 10.1 Å². The van der Waals surface area contributed by atoms with Gasteiger partial charge in [0.1, 0.15) is 0 Å². The van der Waals surface area contributed by atoms with Crippen molar-refractivity contribution >= 4 is 5.69 Å². The lowest BCUT2D eigenvalue weighted by molar-refractivity contribution is -0.385. The van der Waals surface area contributed by atoms with E-state index in [1.54, 1.807) is 0 Å². The molecule has 0 spiro atoms. The SMILES string of the molecule is O=[N+]([O-])c1[c]cnc(F)c1. The molecule has 0 aliphatic carbocycles. The van der Waals surface area contributed by atoms with Crippen LogP contribution in [0.1, 0.15) is 0 Å². The summed E-state index contributed by atoms with van der Waals surface area (Å²) in [5.74, 6) is -0.870. The van der Waals surface area contributed by atoms with Crippen LogP contribution < -0.4 is 0 Å². The van der Waals surface area contributed by atoms with Gasteiger partial charge in [0.25, 0.3) is 5.69 Å². The van der Waals surface area contributed by atoms with Gasteiger partial charge in [0.15, 0.2) is 0 Å². The van der Waals surface area contributed by atoms with Crippen LogP contribution in [0.4, 0.5) is 10.1 Å². The number of rotatable bonds is 1. The highest BCUT2D eigenvalue weighted by molar-refractivity contribution is 5.23. The molecule has 1 radical (unpaired) electrons. The van der Waals surface area contributed by atoms with E-state index < -0.39 is 16.6 Å². The van der Waals surface area contributed by atoms with Crippen molar-refractivity contribution in [3.05, 3.63) is 34.4 Å². The second-order valence-corrected chi connectivity index (χ2v) is 1.51. The number of hydrogen-bond donors (Lipinski definition) is 0. The van der Waals surface area contributed by atoms with Gasteiger partial charge in [0.05, 0.1) is 17.1 Å². The van der Waals surface area contributed by atoms with Gasteiger partial charge < -0.3 is 0 Å². The Morgan fingerprint density at radius 3 is 2.90 bits per heavy atom. The summed E-state index contributed by atoms with van der Waals surface area (Å²) in [5.41, 5.74) is -0.410. The number of aromatic nitrogens is 1. The normalized spacial score (nSPS) is 9.30. The fraction of sp³-hybridized carbons (Fsp3) is 0. The molecule has 0 N–H and O–H groups in total. The zero-order valence-corrected chi connectivity index (χ0v) is 4.74. The van der Waals surface area contributed by atoms with Crippen LogP contribution in [0.15, 0.2) is 12.3 Å². The minimum absolute atomic E-state index is 0.410. The number of nitro groups is 1. The van der Waals surface area contributed by atoms with Gasteiger partial charge in [0, 0.05) is 6.20 Å². The van der Waals surface area contributed by atoms with E-state index in [9.17, 15) is 14.5 Å². The van der Waals surface area contributed by atoms with E-state index in [-0.39, 0.29) is 0 Å². The van der Waals surface area contributed by atoms with Crippen LogP contribution in [-0.4, -0.2) is 9.91 Å². The second-order valence-electron chi connectivity index (χ2n) is 1.51. The van der Waals surface area contributed by atoms with Crippen LogP contribution in [0.3, 0.4) is 0 Å². The number of halogens is 1. The van der Waals surface area contributed by atoms with Crippen LogP contribution in [0, 0.1) is 22.1 Å². The summed E-state index contributed by atoms with van der Waals surface area (Å²) in [7, 11) is 0. The summed E-state index contributed by atoms with van der Waals surface area (Å²) in [6.45, 7) is 0. The Hall–Kier alpha value is -1.52. The van der Waals surface area contributed by atoms with Gasteiger partial charge in [-0.2, -0.15) is 4.39 Å². The average Bonchev–Trinajstić information content (AvgIpc) is 1.88. The average molecular weight is 141 g/mol. The Kier molecular flexibility index (Phi) is 1.57. The molecule has 1 aromatic rings. The molecule has 1 rings (SSSR count). The second kappa shape index (κ2) is 2.38. The van der Waals surface area contributed by atoms with Crippen LogP contribution in [0.25, 0.3) is 0 Å². The third kappa shape index (κ3) is 1.25. The molecule has 1 aromatic heterocycles. The Bertz CT molecular complexity index is 264. The topological polar surface area (TPSA) is 56.0 Å². The van der Waals surface area contributed by atoms with E-state index in [1.807, 2.05) is 0 Å². The summed E-state index contributed by atoms with van der Waals surface area (Å²) in [4.78, 5) is 12.3. The number of pyridine rings is 1. The fourth-order valence-electron chi connectivity index (χ4n) is 0.457. The first-order valence-corrected chi connectivity index (χ1v) is 2.38. The summed E-state index contributed by atoms with van der Waals surface area (Å²) in [5, 5.41) is 9.93. The number of nitrogens with zero attached hydrogens (tertiary/aromatic N) is 2. The fourth-order valence-corrected chi connectivity index (χ4v) is 0.457. The standard InChI is InChI=1S/C5H2FN2O2/c6-5-3-4(8(9)10)1-2-7-5/h2-3H. The maximum absolute atomic E-state index is 12.1. The monoisotopic (exact) mass is 141 g/mol. The number of hydrogen-bond acceptors (Lipinski definition) is 3. The Morgan fingerprint density at radius 2 is 2.50 bits per heavy atom. The predicted molar refractivity (Wildman–Crippen MR) is 29.7 cm³/mol. The van der Waals surface area contributed by atoms with Crippen molar-refractivity contribution in [3.8, 4) is 0 Å². The van der Waals surface area contributed by atoms with E-state index in [0.29, 0.717) is 6.07 Å². The predicted octanol–water partition coefficient (Wildman–Crippen LogP) is 0.929. The molecule has 0 aromatic carbocycles. The molecule has 1 heterocycles. The van der Waals surface area contributed by atoms with E-state index >= 15 is 0 Å². The molecule has 0 unspecified atom stereocenters. The molecule has 0 aliphatic rings. The van der Waals surface area contributed by atoms with Crippen molar-refractivity contribution < 1.29 is 9.31 Å². The molecule has 0 bridgehead atoms. The third-order valence-corrected chi connectivity index (χ3v) is 0.853. The van der Waals surface area contributed by atoms with Gasteiger partial charge in [-0.1, -0.05) is 0 Å². The van der Waals surface area contributed by atoms with Gasteiger partial charge in [0.2, 0.25) is 5.95 Å². The minimum Gasteiger partial charge on any atom is -0.258 e. The van der Waals surface area contributed by atoms with Crippen molar-refractivity contribution in [2.75, 3.05) is 0 Å². The maximum Gasteiger partial charge on any atom is 0.283 e. The Labute approximate surface area is 55.5 Å². The molecule has 0 amide bonds. The van der Waals surface area contributed by atoms with Crippen molar-refractivity contribution in [2.24, 2.45) is 0 Å². The van der Waals surface area contributed by atoms with E-state index in [2.05, 4.69) is 11.1 Å². The smallest absolute Gasteiger partial charge is 0.258 e. The van der Waals surface area contributed by atoms with Crippen LogP contribution in [-0.2, 0) is 0 Å². The third-order valence-electron chi connectivity index (χ3n) is 0.853. The van der Waals surface area contributed by atoms with Gasteiger partial charge >= 0.3 is 0 Å². The lowest BCUT2D eigenvalue weighted by Gasteiger charge is -1.86. The Balaban J connectivity index is 3.07. The summed E-state index contributed by atoms with van der Waals surface area (Å²) in [6.07, 6.45) is 0.924. The Morgan fingerprint density at radius 1 is 1.80 bits per heavy atom. The first-order valence-electron chi connectivity index (χ1n) is 2.38. The molecular formula is C5H2FN2O2. The van der Waals surface area contributed by atoms with E-state index in [0.717, 1.165) is 6.20 Å². The first-order chi connectivity index (χ1) is 4.70. The zero-order valence-electron chi connectivity index (χ0n) is 4.74. The molecule has 4 nitrogen and oxygen atoms in total. The highest BCUT2D eigenvalue weighted by Gasteiger charge is 2.05. The van der Waals surface area contributed by atoms with Gasteiger partial charge in [-0.15, -0.1) is 0 Å². The van der Waals surface area contributed by atoms with Crippen LogP contribution in [0.2, 0.25) is 0 Å². The maximum atomic E-state index is 12.1. The van der Waals surface area contributed by atoms with E-state index in [1.165, 1.54) is 0 Å². The van der Waals surface area contributed by atoms with Crippen molar-refractivity contribution in [1.29, 1.82) is 0 Å². The quantitative estimate of drug-likeness (QED) is 0.332. The minimum atomic E-state index is -0.870. The lowest BCUT2D eigenvalue weighted by atomic mass is 10.4. The highest BCUT2D eigenvalue weighted by atomic mass is 19.1. The summed E-state index contributed by atoms with van der Waals surface area (Å²) >= 11 is 0.